The number of nitrogens with zero attached hydrogens (tertiary/aromatic N) is 1. The van der Waals surface area contributed by atoms with E-state index in [2.05, 4.69) is 45.5 Å². The molecule has 0 amide bonds. The van der Waals surface area contributed by atoms with E-state index < -0.39 is 6.04 Å². The third-order valence-corrected chi connectivity index (χ3v) is 5.51. The molecule has 0 aliphatic carbocycles. The highest BCUT2D eigenvalue weighted by molar-refractivity contribution is 5.78. The summed E-state index contributed by atoms with van der Waals surface area (Å²) in [6.45, 7) is 3.32. The number of nitrogens with one attached hydrogen (secondary N) is 4. The fraction of sp³-hybridized carbons (Fsp3) is 0.364. The van der Waals surface area contributed by atoms with E-state index in [4.69, 9.17) is 10.7 Å². The zero-order valence-corrected chi connectivity index (χ0v) is 16.4. The van der Waals surface area contributed by atoms with Gasteiger partial charge in [0.2, 0.25) is 0 Å². The molecule has 0 radical (unpaired) electrons. The van der Waals surface area contributed by atoms with Crippen LogP contribution in [0.15, 0.2) is 36.5 Å². The molecule has 6 N–H and O–H groups in total. The average molecular weight is 393 g/mol. The van der Waals surface area contributed by atoms with Crippen molar-refractivity contribution in [2.45, 2.75) is 24.8 Å². The number of hydrogen-bond acceptors (Lipinski definition) is 7. The molecule has 3 heterocycles. The van der Waals surface area contributed by atoms with Crippen LogP contribution in [0.1, 0.15) is 41.5 Å². The molecule has 1 aromatic heterocycles. The van der Waals surface area contributed by atoms with Crippen LogP contribution >= 0.6 is 0 Å². The number of aldehydes is 1. The van der Waals surface area contributed by atoms with Crippen molar-refractivity contribution in [1.82, 2.24) is 15.6 Å². The van der Waals surface area contributed by atoms with Gasteiger partial charge in [0, 0.05) is 24.3 Å². The maximum Gasteiger partial charge on any atom is 0.146 e. The Kier molecular flexibility index (Phi) is 6.07. The summed E-state index contributed by atoms with van der Waals surface area (Å²) in [7, 11) is 0. The summed E-state index contributed by atoms with van der Waals surface area (Å²) < 4.78 is 0. The molecule has 7 heteroatoms. The number of carbonyl (C=O) groups excluding carboxylic acids is 1. The molecular formula is C22H28N6O. The van der Waals surface area contributed by atoms with Gasteiger partial charge in [0.1, 0.15) is 24.0 Å². The zero-order chi connectivity index (χ0) is 20.1. The standard InChI is InChI=1S/C22H28N6O/c23-8-12-26-20-13-17-7-11-25-19(14-29)21(17)22(28-20)27-18-3-1-15(2-4-18)16-5-9-24-10-6-16/h1-4,7,11,13-14,16,19,24-25H,5-6,8-10,12,23H2,(H2,26,27,28). The van der Waals surface area contributed by atoms with Crippen molar-refractivity contribution in [3.05, 3.63) is 53.2 Å². The van der Waals surface area contributed by atoms with Gasteiger partial charge >= 0.3 is 0 Å². The van der Waals surface area contributed by atoms with Crippen LogP contribution in [0.2, 0.25) is 0 Å². The Hall–Kier alpha value is -2.90. The molecule has 0 bridgehead atoms. The maximum absolute atomic E-state index is 11.6. The van der Waals surface area contributed by atoms with Gasteiger partial charge in [0.25, 0.3) is 0 Å². The molecule has 2 aromatic rings. The number of piperidine rings is 1. The SMILES string of the molecule is NCCNc1cc2c(c(Nc3ccc(C4CCNCC4)cc3)n1)C(C=O)NC=C2. The van der Waals surface area contributed by atoms with E-state index in [1.54, 1.807) is 6.20 Å². The topological polar surface area (TPSA) is 104 Å². The summed E-state index contributed by atoms with van der Waals surface area (Å²) in [4.78, 5) is 16.3. The largest absolute Gasteiger partial charge is 0.378 e. The van der Waals surface area contributed by atoms with E-state index in [-0.39, 0.29) is 0 Å². The predicted molar refractivity (Wildman–Crippen MR) is 117 cm³/mol. The Morgan fingerprint density at radius 1 is 1.21 bits per heavy atom. The second-order valence-corrected chi connectivity index (χ2v) is 7.46. The number of fused-ring (bicyclic) bond motifs is 1. The highest BCUT2D eigenvalue weighted by Gasteiger charge is 2.22. The first kappa shape index (κ1) is 19.4. The van der Waals surface area contributed by atoms with E-state index >= 15 is 0 Å². The van der Waals surface area contributed by atoms with E-state index in [1.807, 2.05) is 12.1 Å². The summed E-state index contributed by atoms with van der Waals surface area (Å²) in [5.74, 6) is 2.03. The van der Waals surface area contributed by atoms with E-state index in [0.29, 0.717) is 24.8 Å². The number of hydrogen-bond donors (Lipinski definition) is 5. The Bertz CT molecular complexity index is 874. The molecule has 1 atom stereocenters. The van der Waals surface area contributed by atoms with Gasteiger partial charge in [-0.15, -0.1) is 0 Å². The van der Waals surface area contributed by atoms with Gasteiger partial charge in [0.15, 0.2) is 0 Å². The van der Waals surface area contributed by atoms with Gasteiger partial charge in [-0.25, -0.2) is 4.98 Å². The van der Waals surface area contributed by atoms with Crippen molar-refractivity contribution < 1.29 is 4.79 Å². The number of anilines is 3. The fourth-order valence-corrected chi connectivity index (χ4v) is 3.99. The lowest BCUT2D eigenvalue weighted by atomic mass is 9.90. The predicted octanol–water partition coefficient (Wildman–Crippen LogP) is 2.48. The van der Waals surface area contributed by atoms with Crippen LogP contribution in [0.5, 0.6) is 0 Å². The molecule has 152 valence electrons. The summed E-state index contributed by atoms with van der Waals surface area (Å²) in [5, 5.41) is 13.2. The van der Waals surface area contributed by atoms with Crippen LogP contribution in [-0.4, -0.2) is 37.4 Å². The Morgan fingerprint density at radius 2 is 2.00 bits per heavy atom. The van der Waals surface area contributed by atoms with Crippen LogP contribution < -0.4 is 27.0 Å². The van der Waals surface area contributed by atoms with Crippen molar-refractivity contribution in [1.29, 1.82) is 0 Å². The Balaban J connectivity index is 1.61. The van der Waals surface area contributed by atoms with E-state index in [9.17, 15) is 4.79 Å². The summed E-state index contributed by atoms with van der Waals surface area (Å²) in [6, 6.07) is 10.1. The lowest BCUT2D eigenvalue weighted by Crippen LogP contribution is -2.26. The highest BCUT2D eigenvalue weighted by Crippen LogP contribution is 2.33. The first-order chi connectivity index (χ1) is 14.3. The van der Waals surface area contributed by atoms with Crippen LogP contribution in [0, 0.1) is 0 Å². The molecule has 2 aliphatic heterocycles. The Labute approximate surface area is 171 Å². The molecule has 2 aliphatic rings. The third-order valence-electron chi connectivity index (χ3n) is 5.51. The Morgan fingerprint density at radius 3 is 2.72 bits per heavy atom. The second kappa shape index (κ2) is 9.07. The molecule has 1 unspecified atom stereocenters. The van der Waals surface area contributed by atoms with E-state index in [0.717, 1.165) is 42.0 Å². The van der Waals surface area contributed by atoms with Gasteiger partial charge in [-0.1, -0.05) is 12.1 Å². The lowest BCUT2D eigenvalue weighted by molar-refractivity contribution is -0.109. The van der Waals surface area contributed by atoms with Crippen LogP contribution in [-0.2, 0) is 4.79 Å². The van der Waals surface area contributed by atoms with Crippen molar-refractivity contribution in [3.8, 4) is 0 Å². The average Bonchev–Trinajstić information content (AvgIpc) is 2.78. The minimum Gasteiger partial charge on any atom is -0.378 e. The zero-order valence-electron chi connectivity index (χ0n) is 16.4. The number of aromatic nitrogens is 1. The quantitative estimate of drug-likeness (QED) is 0.461. The molecule has 0 spiro atoms. The van der Waals surface area contributed by atoms with Crippen molar-refractivity contribution in [2.24, 2.45) is 5.73 Å². The van der Waals surface area contributed by atoms with E-state index in [1.165, 1.54) is 18.4 Å². The van der Waals surface area contributed by atoms with Gasteiger partial charge in [-0.05, 0) is 73.5 Å². The fourth-order valence-electron chi connectivity index (χ4n) is 3.99. The molecule has 1 fully saturated rings. The van der Waals surface area contributed by atoms with Gasteiger partial charge < -0.3 is 31.8 Å². The number of pyridine rings is 1. The molecule has 1 aromatic carbocycles. The highest BCUT2D eigenvalue weighted by atomic mass is 16.1. The number of nitrogens with two attached hydrogens (primary N) is 1. The smallest absolute Gasteiger partial charge is 0.146 e. The van der Waals surface area contributed by atoms with Gasteiger partial charge in [0.05, 0.1) is 0 Å². The molecule has 1 saturated heterocycles. The van der Waals surface area contributed by atoms with Gasteiger partial charge in [-0.2, -0.15) is 0 Å². The van der Waals surface area contributed by atoms with Crippen LogP contribution in [0.4, 0.5) is 17.3 Å². The maximum atomic E-state index is 11.6. The molecule has 7 nitrogen and oxygen atoms in total. The third kappa shape index (κ3) is 4.41. The summed E-state index contributed by atoms with van der Waals surface area (Å²) in [5.41, 5.74) is 9.75. The minimum absolute atomic E-state index is 0.428. The van der Waals surface area contributed by atoms with Crippen molar-refractivity contribution >= 4 is 29.7 Å². The molecule has 4 rings (SSSR count). The van der Waals surface area contributed by atoms with Crippen molar-refractivity contribution in [2.75, 3.05) is 36.8 Å². The number of carbonyl (C=O) groups is 1. The lowest BCUT2D eigenvalue weighted by Gasteiger charge is -2.24. The first-order valence-electron chi connectivity index (χ1n) is 10.2. The molecule has 29 heavy (non-hydrogen) atoms. The number of rotatable bonds is 7. The second-order valence-electron chi connectivity index (χ2n) is 7.46. The first-order valence-corrected chi connectivity index (χ1v) is 10.2. The summed E-state index contributed by atoms with van der Waals surface area (Å²) in [6.07, 6.45) is 7.01. The van der Waals surface area contributed by atoms with Crippen molar-refractivity contribution in [3.63, 3.8) is 0 Å². The minimum atomic E-state index is -0.428. The van der Waals surface area contributed by atoms with Crippen LogP contribution in [0.25, 0.3) is 6.08 Å². The monoisotopic (exact) mass is 392 g/mol. The molecule has 0 saturated carbocycles. The van der Waals surface area contributed by atoms with Crippen LogP contribution in [0.3, 0.4) is 0 Å². The normalized spacial score (nSPS) is 18.6. The van der Waals surface area contributed by atoms with Gasteiger partial charge in [-0.3, -0.25) is 0 Å². The molecular weight excluding hydrogens is 364 g/mol. The number of benzene rings is 1. The summed E-state index contributed by atoms with van der Waals surface area (Å²) >= 11 is 0.